The summed E-state index contributed by atoms with van der Waals surface area (Å²) in [6.07, 6.45) is 4.08. The Kier molecular flexibility index (Phi) is 6.55. The van der Waals surface area contributed by atoms with Crippen molar-refractivity contribution >= 4 is 15.9 Å². The molecule has 0 saturated carbocycles. The van der Waals surface area contributed by atoms with Crippen molar-refractivity contribution in [2.24, 2.45) is 5.92 Å². The fourth-order valence-electron chi connectivity index (χ4n) is 4.01. The molecule has 3 rings (SSSR count). The molecule has 6 nitrogen and oxygen atoms in total. The van der Waals surface area contributed by atoms with Crippen molar-refractivity contribution in [1.29, 1.82) is 0 Å². The molecule has 7 heteroatoms. The molecule has 1 N–H and O–H groups in total. The number of nitrogens with zero attached hydrogens (tertiary/aromatic N) is 2. The average molecular weight is 394 g/mol. The van der Waals surface area contributed by atoms with Crippen LogP contribution in [0.1, 0.15) is 49.9 Å². The molecule has 1 aromatic rings. The molecule has 1 amide bonds. The predicted octanol–water partition coefficient (Wildman–Crippen LogP) is 2.32. The Balaban J connectivity index is 1.60. The number of hydrogen-bond donors (Lipinski definition) is 1. The number of rotatable bonds is 6. The first kappa shape index (κ1) is 20.3. The minimum absolute atomic E-state index is 0.145. The van der Waals surface area contributed by atoms with Crippen molar-refractivity contribution in [3.63, 3.8) is 0 Å². The normalized spacial score (nSPS) is 22.8. The zero-order valence-corrected chi connectivity index (χ0v) is 17.2. The summed E-state index contributed by atoms with van der Waals surface area (Å²) in [5, 5.41) is 2.99. The number of carbonyl (C=O) groups is 1. The summed E-state index contributed by atoms with van der Waals surface area (Å²) in [5.41, 5.74) is 0.502. The van der Waals surface area contributed by atoms with Crippen LogP contribution in [0.5, 0.6) is 0 Å². The Bertz CT molecular complexity index is 740. The van der Waals surface area contributed by atoms with E-state index in [9.17, 15) is 13.2 Å². The minimum atomic E-state index is -3.47. The van der Waals surface area contributed by atoms with Crippen LogP contribution in [-0.2, 0) is 10.0 Å². The highest BCUT2D eigenvalue weighted by Crippen LogP contribution is 2.23. The Labute approximate surface area is 163 Å². The lowest BCUT2D eigenvalue weighted by atomic mass is 10.0. The number of hydrogen-bond acceptors (Lipinski definition) is 4. The number of likely N-dealkylation sites (N-methyl/N-ethyl adjacent to an activating group) is 1. The summed E-state index contributed by atoms with van der Waals surface area (Å²) in [5.74, 6) is 0.430. The second kappa shape index (κ2) is 8.71. The first-order chi connectivity index (χ1) is 12.9. The Morgan fingerprint density at radius 1 is 1.11 bits per heavy atom. The van der Waals surface area contributed by atoms with Crippen LogP contribution in [0.2, 0.25) is 0 Å². The van der Waals surface area contributed by atoms with Gasteiger partial charge in [-0.3, -0.25) is 9.69 Å². The van der Waals surface area contributed by atoms with E-state index in [1.165, 1.54) is 6.42 Å². The van der Waals surface area contributed by atoms with Gasteiger partial charge in [-0.2, -0.15) is 4.31 Å². The van der Waals surface area contributed by atoms with Crippen molar-refractivity contribution in [1.82, 2.24) is 14.5 Å². The van der Waals surface area contributed by atoms with Crippen LogP contribution in [-0.4, -0.2) is 62.3 Å². The van der Waals surface area contributed by atoms with Gasteiger partial charge in [0.1, 0.15) is 0 Å². The van der Waals surface area contributed by atoms with E-state index in [0.717, 1.165) is 32.4 Å². The van der Waals surface area contributed by atoms with Gasteiger partial charge in [-0.05, 0) is 69.0 Å². The van der Waals surface area contributed by atoms with E-state index in [2.05, 4.69) is 24.1 Å². The van der Waals surface area contributed by atoms with Gasteiger partial charge in [0.25, 0.3) is 5.91 Å². The molecule has 2 heterocycles. The summed E-state index contributed by atoms with van der Waals surface area (Å²) in [7, 11) is -3.47. The van der Waals surface area contributed by atoms with E-state index in [-0.39, 0.29) is 10.8 Å². The Hall–Kier alpha value is -1.44. The molecule has 150 valence electrons. The third kappa shape index (κ3) is 4.70. The standard InChI is InChI=1S/C20H31N3O3S/c1-3-22-12-4-5-18(22)15-21-20(24)17-6-8-19(9-7-17)27(25,26)23-13-10-16(2)11-14-23/h6-9,16,18H,3-5,10-15H2,1-2H3,(H,21,24). The molecule has 2 aliphatic rings. The van der Waals surface area contributed by atoms with Gasteiger partial charge in [-0.1, -0.05) is 13.8 Å². The van der Waals surface area contributed by atoms with Gasteiger partial charge < -0.3 is 5.32 Å². The second-order valence-electron chi connectivity index (χ2n) is 7.75. The van der Waals surface area contributed by atoms with Crippen molar-refractivity contribution < 1.29 is 13.2 Å². The third-order valence-corrected chi connectivity index (χ3v) is 7.81. The lowest BCUT2D eigenvalue weighted by Crippen LogP contribution is -2.40. The topological polar surface area (TPSA) is 69.7 Å². The molecule has 2 saturated heterocycles. The molecule has 0 aromatic heterocycles. The van der Waals surface area contributed by atoms with Gasteiger partial charge in [0, 0.05) is 31.2 Å². The Morgan fingerprint density at radius 2 is 1.78 bits per heavy atom. The minimum Gasteiger partial charge on any atom is -0.350 e. The van der Waals surface area contributed by atoms with Crippen molar-refractivity contribution in [2.75, 3.05) is 32.7 Å². The summed E-state index contributed by atoms with van der Waals surface area (Å²) in [4.78, 5) is 15.1. The second-order valence-corrected chi connectivity index (χ2v) is 9.68. The van der Waals surface area contributed by atoms with Crippen LogP contribution in [0.4, 0.5) is 0 Å². The number of amides is 1. The van der Waals surface area contributed by atoms with Crippen LogP contribution >= 0.6 is 0 Å². The summed E-state index contributed by atoms with van der Waals surface area (Å²) >= 11 is 0. The average Bonchev–Trinajstić information content (AvgIpc) is 3.14. The zero-order valence-electron chi connectivity index (χ0n) is 16.4. The van der Waals surface area contributed by atoms with Gasteiger partial charge in [0.2, 0.25) is 10.0 Å². The molecule has 2 aliphatic heterocycles. The lowest BCUT2D eigenvalue weighted by molar-refractivity contribution is 0.0941. The van der Waals surface area contributed by atoms with Crippen molar-refractivity contribution in [2.45, 2.75) is 50.5 Å². The third-order valence-electron chi connectivity index (χ3n) is 5.90. The monoisotopic (exact) mass is 393 g/mol. The van der Waals surface area contributed by atoms with E-state index in [4.69, 9.17) is 0 Å². The van der Waals surface area contributed by atoms with Crippen LogP contribution in [0.25, 0.3) is 0 Å². The highest BCUT2D eigenvalue weighted by Gasteiger charge is 2.28. The van der Waals surface area contributed by atoms with Crippen LogP contribution in [0, 0.1) is 5.92 Å². The SMILES string of the molecule is CCN1CCCC1CNC(=O)c1ccc(S(=O)(=O)N2CCC(C)CC2)cc1. The number of likely N-dealkylation sites (tertiary alicyclic amines) is 1. The smallest absolute Gasteiger partial charge is 0.251 e. The molecule has 1 atom stereocenters. The molecule has 1 aromatic carbocycles. The highest BCUT2D eigenvalue weighted by atomic mass is 32.2. The van der Waals surface area contributed by atoms with Gasteiger partial charge in [0.15, 0.2) is 0 Å². The van der Waals surface area contributed by atoms with Crippen LogP contribution in [0.15, 0.2) is 29.2 Å². The largest absolute Gasteiger partial charge is 0.350 e. The van der Waals surface area contributed by atoms with E-state index in [1.807, 2.05) is 0 Å². The highest BCUT2D eigenvalue weighted by molar-refractivity contribution is 7.89. The number of sulfonamides is 1. The van der Waals surface area contributed by atoms with E-state index >= 15 is 0 Å². The van der Waals surface area contributed by atoms with E-state index in [0.29, 0.717) is 37.2 Å². The summed E-state index contributed by atoms with van der Waals surface area (Å²) < 4.78 is 27.1. The molecule has 0 bridgehead atoms. The van der Waals surface area contributed by atoms with Gasteiger partial charge in [-0.15, -0.1) is 0 Å². The van der Waals surface area contributed by atoms with Crippen LogP contribution < -0.4 is 5.32 Å². The van der Waals surface area contributed by atoms with E-state index in [1.54, 1.807) is 28.6 Å². The Morgan fingerprint density at radius 3 is 2.41 bits per heavy atom. The van der Waals surface area contributed by atoms with E-state index < -0.39 is 10.0 Å². The fourth-order valence-corrected chi connectivity index (χ4v) is 5.48. The molecular formula is C20H31N3O3S. The lowest BCUT2D eigenvalue weighted by Gasteiger charge is -2.29. The predicted molar refractivity (Wildman–Crippen MR) is 106 cm³/mol. The first-order valence-electron chi connectivity index (χ1n) is 10.0. The molecule has 27 heavy (non-hydrogen) atoms. The number of piperidine rings is 1. The zero-order chi connectivity index (χ0) is 19.4. The summed E-state index contributed by atoms with van der Waals surface area (Å²) in [6.45, 7) is 8.17. The van der Waals surface area contributed by atoms with Crippen molar-refractivity contribution in [3.05, 3.63) is 29.8 Å². The summed E-state index contributed by atoms with van der Waals surface area (Å²) in [6, 6.07) is 6.73. The van der Waals surface area contributed by atoms with Gasteiger partial charge in [0.05, 0.1) is 4.90 Å². The molecule has 0 spiro atoms. The maximum atomic E-state index is 12.8. The van der Waals surface area contributed by atoms with Gasteiger partial charge in [-0.25, -0.2) is 8.42 Å². The van der Waals surface area contributed by atoms with Crippen LogP contribution in [0.3, 0.4) is 0 Å². The van der Waals surface area contributed by atoms with Gasteiger partial charge >= 0.3 is 0 Å². The number of carbonyl (C=O) groups excluding carboxylic acids is 1. The molecule has 0 radical (unpaired) electrons. The maximum Gasteiger partial charge on any atom is 0.251 e. The quantitative estimate of drug-likeness (QED) is 0.805. The number of nitrogens with one attached hydrogen (secondary N) is 1. The van der Waals surface area contributed by atoms with Crippen molar-refractivity contribution in [3.8, 4) is 0 Å². The maximum absolute atomic E-state index is 12.8. The first-order valence-corrected chi connectivity index (χ1v) is 11.5. The number of benzene rings is 1. The molecule has 0 aliphatic carbocycles. The fraction of sp³-hybridized carbons (Fsp3) is 0.650. The molecule has 2 fully saturated rings. The molecule has 1 unspecified atom stereocenters. The molecular weight excluding hydrogens is 362 g/mol.